The number of pyridine rings is 2. The number of fused-ring (bicyclic) bond motifs is 3. The van der Waals surface area contributed by atoms with E-state index in [2.05, 4.69) is 15.3 Å². The molecule has 23 heavy (non-hydrogen) atoms. The van der Waals surface area contributed by atoms with Crippen LogP contribution in [0.5, 0.6) is 0 Å². The highest BCUT2D eigenvalue weighted by molar-refractivity contribution is 6.07. The van der Waals surface area contributed by atoms with Gasteiger partial charge in [-0.1, -0.05) is 24.3 Å². The fraction of sp³-hybridized carbons (Fsp3) is 0.0556. The van der Waals surface area contributed by atoms with Crippen molar-refractivity contribution >= 4 is 27.6 Å². The minimum Gasteiger partial charge on any atom is -0.422 e. The molecule has 0 aliphatic heterocycles. The first kappa shape index (κ1) is 13.5. The molecule has 0 saturated heterocycles. The van der Waals surface area contributed by atoms with E-state index >= 15 is 0 Å². The molecule has 0 atom stereocenters. The largest absolute Gasteiger partial charge is 0.422 e. The summed E-state index contributed by atoms with van der Waals surface area (Å²) in [4.78, 5) is 20.7. The van der Waals surface area contributed by atoms with E-state index in [1.807, 2.05) is 36.4 Å². The highest BCUT2D eigenvalue weighted by Gasteiger charge is 2.11. The Morgan fingerprint density at radius 3 is 2.78 bits per heavy atom. The Balaban J connectivity index is 1.84. The number of anilines is 1. The topological polar surface area (TPSA) is 68.0 Å². The van der Waals surface area contributed by atoms with Crippen LogP contribution in [0.3, 0.4) is 0 Å². The van der Waals surface area contributed by atoms with Crippen LogP contribution < -0.4 is 10.9 Å². The van der Waals surface area contributed by atoms with Gasteiger partial charge in [-0.3, -0.25) is 4.98 Å². The van der Waals surface area contributed by atoms with Crippen LogP contribution in [-0.4, -0.2) is 9.97 Å². The minimum atomic E-state index is -0.388. The SMILES string of the molecule is O=c1oc2ccccc2c2ccnc(NCc3cccnc3)c12. The molecule has 3 heterocycles. The van der Waals surface area contributed by atoms with Crippen molar-refractivity contribution in [1.82, 2.24) is 9.97 Å². The summed E-state index contributed by atoms with van der Waals surface area (Å²) in [6, 6.07) is 13.2. The molecule has 4 aromatic rings. The third-order valence-electron chi connectivity index (χ3n) is 3.72. The van der Waals surface area contributed by atoms with Gasteiger partial charge in [0.2, 0.25) is 0 Å². The molecule has 3 aromatic heterocycles. The lowest BCUT2D eigenvalue weighted by Crippen LogP contribution is -2.08. The molecule has 5 nitrogen and oxygen atoms in total. The molecule has 0 bridgehead atoms. The third-order valence-corrected chi connectivity index (χ3v) is 3.72. The number of hydrogen-bond donors (Lipinski definition) is 1. The van der Waals surface area contributed by atoms with Crippen LogP contribution >= 0.6 is 0 Å². The summed E-state index contributed by atoms with van der Waals surface area (Å²) in [7, 11) is 0. The fourth-order valence-corrected chi connectivity index (χ4v) is 2.64. The average molecular weight is 303 g/mol. The van der Waals surface area contributed by atoms with Crippen LogP contribution in [-0.2, 0) is 6.54 Å². The van der Waals surface area contributed by atoms with E-state index in [9.17, 15) is 4.79 Å². The zero-order chi connectivity index (χ0) is 15.6. The summed E-state index contributed by atoms with van der Waals surface area (Å²) in [6.07, 6.45) is 5.19. The zero-order valence-electron chi connectivity index (χ0n) is 12.2. The van der Waals surface area contributed by atoms with Gasteiger partial charge >= 0.3 is 5.63 Å². The third kappa shape index (κ3) is 2.42. The molecule has 1 N–H and O–H groups in total. The van der Waals surface area contributed by atoms with Gasteiger partial charge < -0.3 is 9.73 Å². The minimum absolute atomic E-state index is 0.388. The van der Waals surface area contributed by atoms with Crippen LogP contribution in [0.25, 0.3) is 21.7 Å². The van der Waals surface area contributed by atoms with Crippen molar-refractivity contribution in [2.24, 2.45) is 0 Å². The highest BCUT2D eigenvalue weighted by Crippen LogP contribution is 2.26. The second kappa shape index (κ2) is 5.53. The first-order valence-electron chi connectivity index (χ1n) is 7.26. The van der Waals surface area contributed by atoms with Gasteiger partial charge in [0.05, 0.1) is 0 Å². The Bertz CT molecular complexity index is 1040. The number of nitrogens with zero attached hydrogens (tertiary/aromatic N) is 2. The summed E-state index contributed by atoms with van der Waals surface area (Å²) in [5.74, 6) is 0.519. The normalized spacial score (nSPS) is 11.0. The van der Waals surface area contributed by atoms with Gasteiger partial charge in [0.1, 0.15) is 16.8 Å². The van der Waals surface area contributed by atoms with Crippen LogP contribution in [0.2, 0.25) is 0 Å². The van der Waals surface area contributed by atoms with Gasteiger partial charge in [-0.2, -0.15) is 0 Å². The van der Waals surface area contributed by atoms with Crippen molar-refractivity contribution in [3.05, 3.63) is 77.0 Å². The first-order valence-corrected chi connectivity index (χ1v) is 7.26. The standard InChI is InChI=1S/C18H13N3O2/c22-18-16-14(13-5-1-2-6-15(13)23-18)7-9-20-17(16)21-11-12-4-3-8-19-10-12/h1-10H,11H2,(H,20,21). The number of nitrogens with one attached hydrogen (secondary N) is 1. The molecule has 0 saturated carbocycles. The Labute approximate surface area is 131 Å². The molecule has 0 aliphatic rings. The van der Waals surface area contributed by atoms with Gasteiger partial charge in [-0.15, -0.1) is 0 Å². The summed E-state index contributed by atoms with van der Waals surface area (Å²) >= 11 is 0. The Morgan fingerprint density at radius 2 is 1.91 bits per heavy atom. The molecule has 0 radical (unpaired) electrons. The smallest absolute Gasteiger partial charge is 0.347 e. The summed E-state index contributed by atoms with van der Waals surface area (Å²) < 4.78 is 5.42. The van der Waals surface area contributed by atoms with Crippen LogP contribution in [0.1, 0.15) is 5.56 Å². The maximum Gasteiger partial charge on any atom is 0.347 e. The van der Waals surface area contributed by atoms with E-state index in [0.29, 0.717) is 23.3 Å². The summed E-state index contributed by atoms with van der Waals surface area (Å²) in [5.41, 5.74) is 1.20. The maximum absolute atomic E-state index is 12.4. The summed E-state index contributed by atoms with van der Waals surface area (Å²) in [6.45, 7) is 0.534. The average Bonchev–Trinajstić information content (AvgIpc) is 2.61. The zero-order valence-corrected chi connectivity index (χ0v) is 12.2. The lowest BCUT2D eigenvalue weighted by molar-refractivity contribution is 0.569. The van der Waals surface area contributed by atoms with Crippen molar-refractivity contribution in [3.8, 4) is 0 Å². The predicted octanol–water partition coefficient (Wildman–Crippen LogP) is 3.35. The van der Waals surface area contributed by atoms with E-state index in [0.717, 1.165) is 16.3 Å². The highest BCUT2D eigenvalue weighted by atomic mass is 16.4. The van der Waals surface area contributed by atoms with Crippen LogP contribution in [0.4, 0.5) is 5.82 Å². The molecule has 112 valence electrons. The summed E-state index contributed by atoms with van der Waals surface area (Å²) in [5, 5.41) is 5.40. The van der Waals surface area contributed by atoms with Crippen molar-refractivity contribution in [1.29, 1.82) is 0 Å². The van der Waals surface area contributed by atoms with E-state index in [1.54, 1.807) is 24.7 Å². The van der Waals surface area contributed by atoms with Crippen molar-refractivity contribution in [2.45, 2.75) is 6.54 Å². The second-order valence-corrected chi connectivity index (χ2v) is 5.18. The number of benzene rings is 1. The quantitative estimate of drug-likeness (QED) is 0.464. The van der Waals surface area contributed by atoms with Gasteiger partial charge in [-0.25, -0.2) is 9.78 Å². The fourth-order valence-electron chi connectivity index (χ4n) is 2.64. The lowest BCUT2D eigenvalue weighted by Gasteiger charge is -2.09. The molecule has 0 fully saturated rings. The van der Waals surface area contributed by atoms with E-state index in [-0.39, 0.29) is 5.63 Å². The molecule has 5 heteroatoms. The van der Waals surface area contributed by atoms with E-state index in [1.165, 1.54) is 0 Å². The first-order chi connectivity index (χ1) is 11.3. The van der Waals surface area contributed by atoms with E-state index < -0.39 is 0 Å². The number of rotatable bonds is 3. The molecule has 0 amide bonds. The molecular weight excluding hydrogens is 290 g/mol. The van der Waals surface area contributed by atoms with Crippen molar-refractivity contribution < 1.29 is 4.42 Å². The molecule has 1 aromatic carbocycles. The number of aromatic nitrogens is 2. The van der Waals surface area contributed by atoms with Gasteiger partial charge in [-0.05, 0) is 23.8 Å². The lowest BCUT2D eigenvalue weighted by atomic mass is 10.1. The van der Waals surface area contributed by atoms with Gasteiger partial charge in [0.25, 0.3) is 0 Å². The number of para-hydroxylation sites is 1. The Morgan fingerprint density at radius 1 is 1.00 bits per heavy atom. The van der Waals surface area contributed by atoms with Crippen LogP contribution in [0.15, 0.2) is 70.3 Å². The van der Waals surface area contributed by atoms with Crippen molar-refractivity contribution in [2.75, 3.05) is 5.32 Å². The maximum atomic E-state index is 12.4. The van der Waals surface area contributed by atoms with E-state index in [4.69, 9.17) is 4.42 Å². The molecule has 0 aliphatic carbocycles. The second-order valence-electron chi connectivity index (χ2n) is 5.18. The molecular formula is C18H13N3O2. The molecule has 0 unspecified atom stereocenters. The van der Waals surface area contributed by atoms with Crippen molar-refractivity contribution in [3.63, 3.8) is 0 Å². The monoisotopic (exact) mass is 303 g/mol. The predicted molar refractivity (Wildman–Crippen MR) is 89.3 cm³/mol. The molecule has 4 rings (SSSR count). The van der Waals surface area contributed by atoms with Crippen LogP contribution in [0, 0.1) is 0 Å². The molecule has 0 spiro atoms. The number of hydrogen-bond acceptors (Lipinski definition) is 5. The Kier molecular flexibility index (Phi) is 3.24. The van der Waals surface area contributed by atoms with Gasteiger partial charge in [0, 0.05) is 35.9 Å². The van der Waals surface area contributed by atoms with Gasteiger partial charge in [0.15, 0.2) is 0 Å². The Hall–Kier alpha value is -3.21.